The monoisotopic (exact) mass is 199 g/mol. The molecule has 0 radical (unpaired) electrons. The van der Waals surface area contributed by atoms with Crippen molar-refractivity contribution in [3.05, 3.63) is 29.6 Å². The standard InChI is InChI=1S/C9H13N3.ClH/c1-6(2)8-4-3-7(5-12-8)9(10)11;/h3-6H,1-2H3,(H3,10,11);1H. The van der Waals surface area contributed by atoms with Gasteiger partial charge in [0.1, 0.15) is 5.84 Å². The number of amidine groups is 1. The summed E-state index contributed by atoms with van der Waals surface area (Å²) >= 11 is 0. The van der Waals surface area contributed by atoms with Crippen molar-refractivity contribution in [3.8, 4) is 0 Å². The van der Waals surface area contributed by atoms with E-state index in [9.17, 15) is 0 Å². The lowest BCUT2D eigenvalue weighted by Gasteiger charge is -2.04. The Hall–Kier alpha value is -1.09. The minimum absolute atomic E-state index is 0. The molecule has 13 heavy (non-hydrogen) atoms. The van der Waals surface area contributed by atoms with E-state index in [0.717, 1.165) is 5.69 Å². The molecule has 72 valence electrons. The van der Waals surface area contributed by atoms with E-state index in [1.54, 1.807) is 6.20 Å². The molecule has 0 amide bonds. The normalized spacial score (nSPS) is 9.46. The van der Waals surface area contributed by atoms with Crippen LogP contribution in [0, 0.1) is 5.41 Å². The number of nitrogens with two attached hydrogens (primary N) is 1. The van der Waals surface area contributed by atoms with Crippen LogP contribution >= 0.6 is 12.4 Å². The van der Waals surface area contributed by atoms with Crippen molar-refractivity contribution in [1.82, 2.24) is 4.98 Å². The molecule has 0 unspecified atom stereocenters. The molecule has 0 aromatic carbocycles. The Kier molecular flexibility index (Phi) is 4.42. The number of pyridine rings is 1. The van der Waals surface area contributed by atoms with Crippen LogP contribution in [0.5, 0.6) is 0 Å². The van der Waals surface area contributed by atoms with Crippen LogP contribution in [0.4, 0.5) is 0 Å². The minimum Gasteiger partial charge on any atom is -0.384 e. The highest BCUT2D eigenvalue weighted by Gasteiger charge is 2.01. The third kappa shape index (κ3) is 3.03. The van der Waals surface area contributed by atoms with Gasteiger partial charge >= 0.3 is 0 Å². The van der Waals surface area contributed by atoms with Crippen molar-refractivity contribution < 1.29 is 0 Å². The lowest BCUT2D eigenvalue weighted by molar-refractivity contribution is 0.822. The van der Waals surface area contributed by atoms with Crippen LogP contribution in [0.1, 0.15) is 31.0 Å². The van der Waals surface area contributed by atoms with Crippen molar-refractivity contribution in [1.29, 1.82) is 5.41 Å². The minimum atomic E-state index is 0. The molecule has 4 heteroatoms. The van der Waals surface area contributed by atoms with Gasteiger partial charge in [-0.15, -0.1) is 12.4 Å². The highest BCUT2D eigenvalue weighted by molar-refractivity contribution is 5.94. The smallest absolute Gasteiger partial charge is 0.124 e. The molecule has 0 spiro atoms. The lowest BCUT2D eigenvalue weighted by Crippen LogP contribution is -2.11. The average molecular weight is 200 g/mol. The van der Waals surface area contributed by atoms with Gasteiger partial charge in [0.2, 0.25) is 0 Å². The quantitative estimate of drug-likeness (QED) is 0.565. The average Bonchev–Trinajstić information content (AvgIpc) is 2.04. The third-order valence-electron chi connectivity index (χ3n) is 1.69. The largest absolute Gasteiger partial charge is 0.384 e. The van der Waals surface area contributed by atoms with Crippen molar-refractivity contribution in [3.63, 3.8) is 0 Å². The molecule has 1 aromatic heterocycles. The van der Waals surface area contributed by atoms with Crippen LogP contribution in [-0.2, 0) is 0 Å². The highest BCUT2D eigenvalue weighted by Crippen LogP contribution is 2.10. The fourth-order valence-corrected chi connectivity index (χ4v) is 0.906. The molecule has 0 aliphatic rings. The number of aromatic nitrogens is 1. The van der Waals surface area contributed by atoms with Crippen molar-refractivity contribution >= 4 is 18.2 Å². The first-order valence-electron chi connectivity index (χ1n) is 3.91. The summed E-state index contributed by atoms with van der Waals surface area (Å²) < 4.78 is 0. The highest BCUT2D eigenvalue weighted by atomic mass is 35.5. The third-order valence-corrected chi connectivity index (χ3v) is 1.69. The molecule has 3 N–H and O–H groups in total. The Bertz CT molecular complexity index is 279. The molecule has 3 nitrogen and oxygen atoms in total. The van der Waals surface area contributed by atoms with Crippen LogP contribution in [0.15, 0.2) is 18.3 Å². The summed E-state index contributed by atoms with van der Waals surface area (Å²) in [5.74, 6) is 0.490. The lowest BCUT2D eigenvalue weighted by atomic mass is 10.1. The van der Waals surface area contributed by atoms with Crippen molar-refractivity contribution in [2.24, 2.45) is 5.73 Å². The Balaban J connectivity index is 0.00000144. The summed E-state index contributed by atoms with van der Waals surface area (Å²) in [6, 6.07) is 3.73. The second-order valence-corrected chi connectivity index (χ2v) is 3.04. The maximum atomic E-state index is 7.15. The molecule has 0 aliphatic carbocycles. The topological polar surface area (TPSA) is 62.8 Å². The Morgan fingerprint density at radius 2 is 2.08 bits per heavy atom. The Labute approximate surface area is 84.3 Å². The summed E-state index contributed by atoms with van der Waals surface area (Å²) in [7, 11) is 0. The van der Waals surface area contributed by atoms with Gasteiger partial charge in [-0.05, 0) is 18.1 Å². The van der Waals surface area contributed by atoms with Gasteiger partial charge in [0.15, 0.2) is 0 Å². The summed E-state index contributed by atoms with van der Waals surface area (Å²) in [6.45, 7) is 4.16. The summed E-state index contributed by atoms with van der Waals surface area (Å²) in [5, 5.41) is 7.15. The molecule has 1 aromatic rings. The molecule has 0 bridgehead atoms. The van der Waals surface area contributed by atoms with E-state index in [0.29, 0.717) is 11.5 Å². The van der Waals surface area contributed by atoms with Crippen molar-refractivity contribution in [2.75, 3.05) is 0 Å². The molecule has 0 saturated heterocycles. The molecular weight excluding hydrogens is 186 g/mol. The van der Waals surface area contributed by atoms with E-state index in [2.05, 4.69) is 18.8 Å². The Morgan fingerprint density at radius 3 is 2.38 bits per heavy atom. The first kappa shape index (κ1) is 11.9. The molecule has 0 saturated carbocycles. The predicted octanol–water partition coefficient (Wildman–Crippen LogP) is 1.91. The van der Waals surface area contributed by atoms with Gasteiger partial charge in [0.25, 0.3) is 0 Å². The van der Waals surface area contributed by atoms with Gasteiger partial charge < -0.3 is 5.73 Å². The number of rotatable bonds is 2. The first-order chi connectivity index (χ1) is 5.61. The van der Waals surface area contributed by atoms with E-state index in [1.165, 1.54) is 0 Å². The second kappa shape index (κ2) is 4.82. The zero-order valence-corrected chi connectivity index (χ0v) is 8.56. The van der Waals surface area contributed by atoms with Gasteiger partial charge in [-0.1, -0.05) is 13.8 Å². The summed E-state index contributed by atoms with van der Waals surface area (Å²) in [4.78, 5) is 4.18. The molecule has 0 aliphatic heterocycles. The summed E-state index contributed by atoms with van der Waals surface area (Å²) in [5.41, 5.74) is 6.99. The van der Waals surface area contributed by atoms with Crippen LogP contribution in [-0.4, -0.2) is 10.8 Å². The van der Waals surface area contributed by atoms with Gasteiger partial charge in [-0.3, -0.25) is 10.4 Å². The number of nitrogens with zero attached hydrogens (tertiary/aromatic N) is 1. The zero-order valence-electron chi connectivity index (χ0n) is 7.74. The SMILES string of the molecule is CC(C)c1ccc(C(=N)N)cn1.Cl. The zero-order chi connectivity index (χ0) is 9.14. The van der Waals surface area contributed by atoms with Crippen LogP contribution in [0.2, 0.25) is 0 Å². The van der Waals surface area contributed by atoms with E-state index in [-0.39, 0.29) is 18.2 Å². The maximum absolute atomic E-state index is 7.15. The number of halogens is 1. The van der Waals surface area contributed by atoms with Crippen LogP contribution in [0.3, 0.4) is 0 Å². The van der Waals surface area contributed by atoms with E-state index in [4.69, 9.17) is 11.1 Å². The van der Waals surface area contributed by atoms with E-state index in [1.807, 2.05) is 12.1 Å². The second-order valence-electron chi connectivity index (χ2n) is 3.04. The van der Waals surface area contributed by atoms with Crippen LogP contribution < -0.4 is 5.73 Å². The van der Waals surface area contributed by atoms with E-state index >= 15 is 0 Å². The van der Waals surface area contributed by atoms with Gasteiger partial charge in [0, 0.05) is 17.5 Å². The fraction of sp³-hybridized carbons (Fsp3) is 0.333. The van der Waals surface area contributed by atoms with Gasteiger partial charge in [-0.2, -0.15) is 0 Å². The Morgan fingerprint density at radius 1 is 1.46 bits per heavy atom. The molecule has 0 atom stereocenters. The van der Waals surface area contributed by atoms with Crippen molar-refractivity contribution in [2.45, 2.75) is 19.8 Å². The predicted molar refractivity (Wildman–Crippen MR) is 56.6 cm³/mol. The number of hydrogen-bond acceptors (Lipinski definition) is 2. The molecule has 1 heterocycles. The maximum Gasteiger partial charge on any atom is 0.124 e. The van der Waals surface area contributed by atoms with E-state index < -0.39 is 0 Å². The molecule has 1 rings (SSSR count). The summed E-state index contributed by atoms with van der Waals surface area (Å²) in [6.07, 6.45) is 1.64. The molecule has 0 fully saturated rings. The number of nitrogens with one attached hydrogen (secondary N) is 1. The van der Waals surface area contributed by atoms with Crippen LogP contribution in [0.25, 0.3) is 0 Å². The van der Waals surface area contributed by atoms with Gasteiger partial charge in [-0.25, -0.2) is 0 Å². The molecular formula is C9H14ClN3. The fourth-order valence-electron chi connectivity index (χ4n) is 0.906. The number of nitrogen functional groups attached to an aromatic ring is 1. The number of hydrogen-bond donors (Lipinski definition) is 2. The first-order valence-corrected chi connectivity index (χ1v) is 3.91. The van der Waals surface area contributed by atoms with Gasteiger partial charge in [0.05, 0.1) is 0 Å².